The van der Waals surface area contributed by atoms with Gasteiger partial charge in [0.1, 0.15) is 12.0 Å². The van der Waals surface area contributed by atoms with Crippen molar-refractivity contribution < 1.29 is 9.53 Å². The Bertz CT molecular complexity index is 633. The number of amides is 1. The third-order valence-corrected chi connectivity index (χ3v) is 3.06. The Kier molecular flexibility index (Phi) is 4.94. The number of hydrazine groups is 1. The second-order valence-corrected chi connectivity index (χ2v) is 4.88. The van der Waals surface area contributed by atoms with Gasteiger partial charge in [0.05, 0.1) is 6.61 Å². The maximum absolute atomic E-state index is 11.9. The largest absolute Gasteiger partial charge is 0.476 e. The number of benzene rings is 1. The van der Waals surface area contributed by atoms with Crippen LogP contribution in [0.3, 0.4) is 0 Å². The van der Waals surface area contributed by atoms with E-state index in [2.05, 4.69) is 36.7 Å². The molecule has 1 aromatic heterocycles. The van der Waals surface area contributed by atoms with Crippen molar-refractivity contribution in [1.82, 2.24) is 15.4 Å². The van der Waals surface area contributed by atoms with E-state index in [0.717, 1.165) is 4.47 Å². The van der Waals surface area contributed by atoms with Gasteiger partial charge in [-0.2, -0.15) is 4.98 Å². The highest BCUT2D eigenvalue weighted by Gasteiger charge is 2.10. The van der Waals surface area contributed by atoms with Crippen molar-refractivity contribution in [3.05, 3.63) is 40.6 Å². The topological polar surface area (TPSA) is 102 Å². The molecule has 0 unspecified atom stereocenters. The Hall–Kier alpha value is -2.35. The molecule has 0 aliphatic carbocycles. The molecule has 0 bridgehead atoms. The van der Waals surface area contributed by atoms with Crippen LogP contribution in [0.1, 0.15) is 17.3 Å². The zero-order valence-electron chi connectivity index (χ0n) is 11.3. The lowest BCUT2D eigenvalue weighted by Crippen LogP contribution is -2.30. The molecule has 2 aromatic rings. The lowest BCUT2D eigenvalue weighted by molar-refractivity contribution is 0.0962. The predicted molar refractivity (Wildman–Crippen MR) is 82.8 cm³/mol. The molecule has 2 rings (SSSR count). The average Bonchev–Trinajstić information content (AvgIpc) is 2.49. The first-order valence-electron chi connectivity index (χ1n) is 6.17. The number of rotatable bonds is 5. The van der Waals surface area contributed by atoms with Crippen molar-refractivity contribution >= 4 is 33.3 Å². The molecule has 4 N–H and O–H groups in total. The monoisotopic (exact) mass is 351 g/mol. The molecule has 0 radical (unpaired) electrons. The van der Waals surface area contributed by atoms with E-state index in [0.29, 0.717) is 12.2 Å². The predicted octanol–water partition coefficient (Wildman–Crippen LogP) is 1.98. The summed E-state index contributed by atoms with van der Waals surface area (Å²) in [5.74, 6) is 0.241. The van der Waals surface area contributed by atoms with Crippen LogP contribution in [0.25, 0.3) is 0 Å². The summed E-state index contributed by atoms with van der Waals surface area (Å²) in [5, 5.41) is 0. The Morgan fingerprint density at radius 2 is 2.05 bits per heavy atom. The van der Waals surface area contributed by atoms with Gasteiger partial charge in [-0.15, -0.1) is 0 Å². The fourth-order valence-electron chi connectivity index (χ4n) is 1.52. The van der Waals surface area contributed by atoms with Gasteiger partial charge in [0.25, 0.3) is 5.91 Å². The van der Waals surface area contributed by atoms with Gasteiger partial charge in [-0.25, -0.2) is 4.98 Å². The number of nitrogens with two attached hydrogens (primary N) is 1. The number of aromatic nitrogens is 2. The van der Waals surface area contributed by atoms with Crippen LogP contribution >= 0.6 is 15.9 Å². The normalized spacial score (nSPS) is 10.0. The maximum atomic E-state index is 11.9. The third-order valence-electron chi connectivity index (χ3n) is 2.53. The zero-order chi connectivity index (χ0) is 15.2. The molecular weight excluding hydrogens is 338 g/mol. The highest BCUT2D eigenvalue weighted by atomic mass is 79.9. The molecule has 0 saturated carbocycles. The van der Waals surface area contributed by atoms with Crippen LogP contribution in [0.5, 0.6) is 5.88 Å². The maximum Gasteiger partial charge on any atom is 0.269 e. The molecule has 0 aliphatic rings. The Morgan fingerprint density at radius 3 is 2.71 bits per heavy atom. The van der Waals surface area contributed by atoms with Crippen LogP contribution in [-0.2, 0) is 0 Å². The SMILES string of the molecule is CCOc1ncnc(NNC(=O)c2ccc(Br)cc2)c1N. The van der Waals surface area contributed by atoms with Crippen LogP contribution < -0.4 is 21.3 Å². The molecule has 8 heteroatoms. The summed E-state index contributed by atoms with van der Waals surface area (Å²) in [5.41, 5.74) is 11.8. The third kappa shape index (κ3) is 3.82. The molecule has 0 atom stereocenters. The number of nitrogens with one attached hydrogen (secondary N) is 2. The van der Waals surface area contributed by atoms with Gasteiger partial charge in [0.2, 0.25) is 5.88 Å². The summed E-state index contributed by atoms with van der Waals surface area (Å²) in [6.07, 6.45) is 1.30. The van der Waals surface area contributed by atoms with Gasteiger partial charge < -0.3 is 10.5 Å². The summed E-state index contributed by atoms with van der Waals surface area (Å²) in [6, 6.07) is 6.94. The molecule has 1 amide bonds. The number of nitrogens with zero attached hydrogens (tertiary/aromatic N) is 2. The molecule has 1 heterocycles. The summed E-state index contributed by atoms with van der Waals surface area (Å²) < 4.78 is 6.14. The van der Waals surface area contributed by atoms with Gasteiger partial charge >= 0.3 is 0 Å². The van der Waals surface area contributed by atoms with Gasteiger partial charge in [-0.3, -0.25) is 15.6 Å². The fraction of sp³-hybridized carbons (Fsp3) is 0.154. The molecule has 0 spiro atoms. The van der Waals surface area contributed by atoms with Gasteiger partial charge in [0, 0.05) is 10.0 Å². The van der Waals surface area contributed by atoms with Crippen LogP contribution in [0.15, 0.2) is 35.1 Å². The molecule has 0 aliphatic heterocycles. The van der Waals surface area contributed by atoms with E-state index in [1.807, 2.05) is 6.92 Å². The van der Waals surface area contributed by atoms with E-state index in [4.69, 9.17) is 10.5 Å². The minimum Gasteiger partial charge on any atom is -0.476 e. The number of ether oxygens (including phenoxy) is 1. The number of nitrogen functional groups attached to an aromatic ring is 1. The van der Waals surface area contributed by atoms with Crippen molar-refractivity contribution in [3.63, 3.8) is 0 Å². The Morgan fingerprint density at radius 1 is 1.33 bits per heavy atom. The molecule has 0 fully saturated rings. The van der Waals surface area contributed by atoms with E-state index in [1.54, 1.807) is 24.3 Å². The zero-order valence-corrected chi connectivity index (χ0v) is 12.8. The Labute approximate surface area is 130 Å². The first-order chi connectivity index (χ1) is 10.1. The molecule has 0 saturated heterocycles. The minimum atomic E-state index is -0.307. The van der Waals surface area contributed by atoms with Crippen molar-refractivity contribution in [2.24, 2.45) is 0 Å². The number of carbonyl (C=O) groups is 1. The van der Waals surface area contributed by atoms with Crippen molar-refractivity contribution in [1.29, 1.82) is 0 Å². The summed E-state index contributed by atoms with van der Waals surface area (Å²) in [6.45, 7) is 2.26. The van der Waals surface area contributed by atoms with Gasteiger partial charge in [-0.05, 0) is 31.2 Å². The van der Waals surface area contributed by atoms with Gasteiger partial charge in [-0.1, -0.05) is 15.9 Å². The highest BCUT2D eigenvalue weighted by Crippen LogP contribution is 2.23. The van der Waals surface area contributed by atoms with Crippen LogP contribution in [0, 0.1) is 0 Å². The van der Waals surface area contributed by atoms with Crippen molar-refractivity contribution in [3.8, 4) is 5.88 Å². The molecule has 7 nitrogen and oxygen atoms in total. The number of anilines is 2. The molecule has 1 aromatic carbocycles. The van der Waals surface area contributed by atoms with Gasteiger partial charge in [0.15, 0.2) is 5.82 Å². The molecule has 21 heavy (non-hydrogen) atoms. The van der Waals surface area contributed by atoms with Crippen LogP contribution in [0.4, 0.5) is 11.5 Å². The lowest BCUT2D eigenvalue weighted by atomic mass is 10.2. The molecular formula is C13H14BrN5O2. The fourth-order valence-corrected chi connectivity index (χ4v) is 1.78. The van der Waals surface area contributed by atoms with E-state index in [1.165, 1.54) is 6.33 Å². The van der Waals surface area contributed by atoms with Crippen molar-refractivity contribution in [2.45, 2.75) is 6.92 Å². The van der Waals surface area contributed by atoms with E-state index >= 15 is 0 Å². The molecule has 110 valence electrons. The van der Waals surface area contributed by atoms with E-state index in [-0.39, 0.29) is 23.3 Å². The summed E-state index contributed by atoms with van der Waals surface area (Å²) in [7, 11) is 0. The summed E-state index contributed by atoms with van der Waals surface area (Å²) >= 11 is 3.31. The number of halogens is 1. The Balaban J connectivity index is 2.04. The average molecular weight is 352 g/mol. The second-order valence-electron chi connectivity index (χ2n) is 3.96. The first-order valence-corrected chi connectivity index (χ1v) is 6.96. The van der Waals surface area contributed by atoms with Crippen molar-refractivity contribution in [2.75, 3.05) is 17.8 Å². The van der Waals surface area contributed by atoms with Crippen LogP contribution in [-0.4, -0.2) is 22.5 Å². The van der Waals surface area contributed by atoms with E-state index in [9.17, 15) is 4.79 Å². The number of carbonyl (C=O) groups excluding carboxylic acids is 1. The van der Waals surface area contributed by atoms with Crippen LogP contribution in [0.2, 0.25) is 0 Å². The highest BCUT2D eigenvalue weighted by molar-refractivity contribution is 9.10. The quantitative estimate of drug-likeness (QED) is 0.711. The minimum absolute atomic E-state index is 0.232. The number of hydrogen-bond acceptors (Lipinski definition) is 6. The number of hydrogen-bond donors (Lipinski definition) is 3. The standard InChI is InChI=1S/C13H14BrN5O2/c1-2-21-13-10(15)11(16-7-17-13)18-19-12(20)8-3-5-9(14)6-4-8/h3-7H,2,15H2,1H3,(H,19,20)(H,16,17,18). The smallest absolute Gasteiger partial charge is 0.269 e. The lowest BCUT2D eigenvalue weighted by Gasteiger charge is -2.11. The first kappa shape index (κ1) is 15.0. The summed E-state index contributed by atoms with van der Waals surface area (Å²) in [4.78, 5) is 19.8. The van der Waals surface area contributed by atoms with E-state index < -0.39 is 0 Å². The second kappa shape index (κ2) is 6.89.